The van der Waals surface area contributed by atoms with Gasteiger partial charge >= 0.3 is 13.2 Å². The zero-order valence-electron chi connectivity index (χ0n) is 28.3. The van der Waals surface area contributed by atoms with Gasteiger partial charge in [-0.25, -0.2) is 4.79 Å². The number of hydrogen-bond donors (Lipinski definition) is 3. The van der Waals surface area contributed by atoms with E-state index in [4.69, 9.17) is 14.0 Å². The molecule has 44 heavy (non-hydrogen) atoms. The summed E-state index contributed by atoms with van der Waals surface area (Å²) < 4.78 is 18.6. The van der Waals surface area contributed by atoms with E-state index in [-0.39, 0.29) is 24.0 Å². The lowest BCUT2D eigenvalue weighted by Crippen LogP contribution is -2.65. The monoisotopic (exact) mass is 611 g/mol. The fourth-order valence-electron chi connectivity index (χ4n) is 7.25. The Kier molecular flexibility index (Phi) is 10.5. The highest BCUT2D eigenvalue weighted by atomic mass is 16.7. The lowest BCUT2D eigenvalue weighted by atomic mass is 9.43. The highest BCUT2D eigenvalue weighted by Gasteiger charge is 2.68. The molecule has 1 aromatic carbocycles. The SMILES string of the molecule is CCCCc1ccc(C(=O)N[C@@H](CNC(=O)OC(C)(C)C)C(=O)N[C@@H](CC(C)C)B2O[C@@H]3CC4C[C@@H](C4(C)C)[C@]3(C)O2)cc1. The quantitative estimate of drug-likeness (QED) is 0.271. The Bertz CT molecular complexity index is 1180. The fraction of sp³-hybridized carbons (Fsp3) is 0.735. The minimum absolute atomic E-state index is 0.0135. The third-order valence-corrected chi connectivity index (χ3v) is 9.86. The first-order valence-electron chi connectivity index (χ1n) is 16.5. The molecule has 0 aromatic heterocycles. The second-order valence-corrected chi connectivity index (χ2v) is 15.3. The van der Waals surface area contributed by atoms with Gasteiger partial charge < -0.3 is 30.0 Å². The van der Waals surface area contributed by atoms with Crippen molar-refractivity contribution in [3.8, 4) is 0 Å². The molecule has 244 valence electrons. The first-order valence-corrected chi connectivity index (χ1v) is 16.5. The minimum Gasteiger partial charge on any atom is -0.444 e. The number of ether oxygens (including phenoxy) is 1. The molecule has 3 saturated carbocycles. The number of hydrogen-bond acceptors (Lipinski definition) is 6. The Hall–Kier alpha value is -2.59. The summed E-state index contributed by atoms with van der Waals surface area (Å²) in [6.07, 6.45) is 5.17. The van der Waals surface area contributed by atoms with Crippen LogP contribution in [0, 0.1) is 23.2 Å². The van der Waals surface area contributed by atoms with Gasteiger partial charge in [-0.2, -0.15) is 0 Å². The molecule has 2 bridgehead atoms. The molecular formula is C34H54BN3O6. The van der Waals surface area contributed by atoms with Crippen molar-refractivity contribution in [2.45, 2.75) is 130 Å². The molecule has 0 radical (unpaired) electrons. The number of nitrogens with one attached hydrogen (secondary N) is 3. The van der Waals surface area contributed by atoms with Gasteiger partial charge in [-0.05, 0) is 101 Å². The maximum atomic E-state index is 13.9. The molecule has 5 rings (SSSR count). The van der Waals surface area contributed by atoms with Gasteiger partial charge in [0.15, 0.2) is 0 Å². The molecule has 4 aliphatic rings. The summed E-state index contributed by atoms with van der Waals surface area (Å²) in [5.74, 6) is 0.0306. The van der Waals surface area contributed by atoms with E-state index in [2.05, 4.69) is 57.5 Å². The number of benzene rings is 1. The van der Waals surface area contributed by atoms with Crippen LogP contribution < -0.4 is 16.0 Å². The zero-order chi connectivity index (χ0) is 32.4. The summed E-state index contributed by atoms with van der Waals surface area (Å²) in [6.45, 7) is 18.3. The van der Waals surface area contributed by atoms with Crippen molar-refractivity contribution in [2.75, 3.05) is 6.54 Å². The highest BCUT2D eigenvalue weighted by Crippen LogP contribution is 2.65. The second-order valence-electron chi connectivity index (χ2n) is 15.3. The van der Waals surface area contributed by atoms with E-state index in [1.807, 2.05) is 12.1 Å². The van der Waals surface area contributed by atoms with Gasteiger partial charge in [0.1, 0.15) is 11.6 Å². The zero-order valence-corrected chi connectivity index (χ0v) is 28.3. The van der Waals surface area contributed by atoms with Crippen LogP contribution in [-0.4, -0.2) is 60.9 Å². The van der Waals surface area contributed by atoms with E-state index in [9.17, 15) is 14.4 Å². The molecule has 0 spiro atoms. The summed E-state index contributed by atoms with van der Waals surface area (Å²) in [5, 5.41) is 8.63. The van der Waals surface area contributed by atoms with Gasteiger partial charge in [0, 0.05) is 5.56 Å². The standard InChI is InChI=1S/C34H54BN3O6/c1-10-11-12-22-13-15-23(16-14-22)29(39)37-25(20-36-31(41)42-32(4,5)6)30(40)38-28(17-21(2)3)35-43-27-19-24-18-26(33(24,7)8)34(27,9)44-35/h13-16,21,24-28H,10-12,17-20H2,1-9H3,(H,36,41)(H,37,39)(H,38,40)/t24?,25-,26-,27+,28-,34-/m0/s1. The smallest absolute Gasteiger partial charge is 0.444 e. The molecule has 1 aliphatic heterocycles. The summed E-state index contributed by atoms with van der Waals surface area (Å²) >= 11 is 0. The average Bonchev–Trinajstić information content (AvgIpc) is 3.29. The largest absolute Gasteiger partial charge is 0.481 e. The third kappa shape index (κ3) is 7.79. The Labute approximate surface area is 264 Å². The summed E-state index contributed by atoms with van der Waals surface area (Å²) in [4.78, 5) is 39.7. The number of carbonyl (C=O) groups is 3. The van der Waals surface area contributed by atoms with E-state index >= 15 is 0 Å². The lowest BCUT2D eigenvalue weighted by Gasteiger charge is -2.64. The number of rotatable bonds is 12. The average molecular weight is 612 g/mol. The molecule has 3 aliphatic carbocycles. The lowest BCUT2D eigenvalue weighted by molar-refractivity contribution is -0.199. The topological polar surface area (TPSA) is 115 Å². The van der Waals surface area contributed by atoms with Crippen LogP contribution in [0.3, 0.4) is 0 Å². The number of carbonyl (C=O) groups excluding carboxylic acids is 3. The molecule has 9 nitrogen and oxygen atoms in total. The number of unbranched alkanes of at least 4 members (excludes halogenated alkanes) is 1. The fourth-order valence-corrected chi connectivity index (χ4v) is 7.25. The Morgan fingerprint density at radius 3 is 2.34 bits per heavy atom. The van der Waals surface area contributed by atoms with Crippen LogP contribution in [0.2, 0.25) is 0 Å². The molecule has 4 fully saturated rings. The van der Waals surface area contributed by atoms with Gasteiger partial charge in [-0.1, -0.05) is 53.2 Å². The molecule has 6 atom stereocenters. The van der Waals surface area contributed by atoms with Crippen molar-refractivity contribution < 1.29 is 28.4 Å². The highest BCUT2D eigenvalue weighted by molar-refractivity contribution is 6.48. The summed E-state index contributed by atoms with van der Waals surface area (Å²) in [5.41, 5.74) is 0.703. The van der Waals surface area contributed by atoms with E-state index in [1.165, 1.54) is 0 Å². The summed E-state index contributed by atoms with van der Waals surface area (Å²) in [6, 6.07) is 6.38. The Balaban J connectivity index is 1.48. The van der Waals surface area contributed by atoms with Crippen LogP contribution in [-0.2, 0) is 25.3 Å². The molecular weight excluding hydrogens is 557 g/mol. The van der Waals surface area contributed by atoms with E-state index in [1.54, 1.807) is 32.9 Å². The van der Waals surface area contributed by atoms with Crippen molar-refractivity contribution >= 4 is 25.0 Å². The van der Waals surface area contributed by atoms with Gasteiger partial charge in [-0.3, -0.25) is 9.59 Å². The van der Waals surface area contributed by atoms with Gasteiger partial charge in [0.05, 0.1) is 24.2 Å². The molecule has 3 N–H and O–H groups in total. The first kappa shape index (κ1) is 34.3. The molecule has 10 heteroatoms. The Morgan fingerprint density at radius 2 is 1.75 bits per heavy atom. The maximum absolute atomic E-state index is 13.9. The predicted molar refractivity (Wildman–Crippen MR) is 172 cm³/mol. The number of amides is 3. The summed E-state index contributed by atoms with van der Waals surface area (Å²) in [7, 11) is -0.600. The number of alkyl carbamates (subject to hydrolysis) is 1. The Morgan fingerprint density at radius 1 is 1.07 bits per heavy atom. The van der Waals surface area contributed by atoms with Crippen LogP contribution in [0.5, 0.6) is 0 Å². The van der Waals surface area contributed by atoms with Crippen molar-refractivity contribution in [2.24, 2.45) is 23.2 Å². The molecule has 1 aromatic rings. The van der Waals surface area contributed by atoms with E-state index in [0.29, 0.717) is 23.8 Å². The van der Waals surface area contributed by atoms with Crippen molar-refractivity contribution in [1.82, 2.24) is 16.0 Å². The normalized spacial score (nSPS) is 26.7. The second kappa shape index (κ2) is 13.4. The molecule has 3 amide bonds. The predicted octanol–water partition coefficient (Wildman–Crippen LogP) is 5.45. The van der Waals surface area contributed by atoms with Gasteiger partial charge in [0.25, 0.3) is 5.91 Å². The van der Waals surface area contributed by atoms with Crippen LogP contribution in [0.1, 0.15) is 110 Å². The minimum atomic E-state index is -1.05. The number of aryl methyl sites for hydroxylation is 1. The van der Waals surface area contributed by atoms with E-state index < -0.39 is 48.2 Å². The molecule has 1 unspecified atom stereocenters. The molecule has 1 saturated heterocycles. The van der Waals surface area contributed by atoms with E-state index in [0.717, 1.165) is 37.7 Å². The first-order chi connectivity index (χ1) is 20.5. The third-order valence-electron chi connectivity index (χ3n) is 9.86. The van der Waals surface area contributed by atoms with Crippen molar-refractivity contribution in [1.29, 1.82) is 0 Å². The van der Waals surface area contributed by atoms with Crippen LogP contribution in [0.25, 0.3) is 0 Å². The van der Waals surface area contributed by atoms with Gasteiger partial charge in [-0.15, -0.1) is 0 Å². The van der Waals surface area contributed by atoms with Crippen molar-refractivity contribution in [3.63, 3.8) is 0 Å². The van der Waals surface area contributed by atoms with Crippen LogP contribution in [0.15, 0.2) is 24.3 Å². The van der Waals surface area contributed by atoms with Gasteiger partial charge in [0.2, 0.25) is 5.91 Å². The van der Waals surface area contributed by atoms with Crippen LogP contribution in [0.4, 0.5) is 4.79 Å². The maximum Gasteiger partial charge on any atom is 0.481 e. The van der Waals surface area contributed by atoms with Crippen molar-refractivity contribution in [3.05, 3.63) is 35.4 Å². The molecule has 1 heterocycles. The van der Waals surface area contributed by atoms with Crippen LogP contribution >= 0.6 is 0 Å².